The van der Waals surface area contributed by atoms with E-state index in [1.54, 1.807) is 0 Å². The number of aromatic nitrogens is 1. The normalized spacial score (nSPS) is 14.8. The van der Waals surface area contributed by atoms with Gasteiger partial charge in [0.25, 0.3) is 0 Å². The lowest BCUT2D eigenvalue weighted by Gasteiger charge is -2.06. The largest absolute Gasteiger partial charge is 0.399 e. The zero-order valence-corrected chi connectivity index (χ0v) is 10.4. The van der Waals surface area contributed by atoms with E-state index in [9.17, 15) is 0 Å². The Kier molecular flexibility index (Phi) is 2.61. The van der Waals surface area contributed by atoms with Gasteiger partial charge in [-0.15, -0.1) is 11.3 Å². The van der Waals surface area contributed by atoms with Crippen molar-refractivity contribution in [2.75, 3.05) is 11.5 Å². The molecule has 0 bridgehead atoms. The molecular weight excluding hydrogens is 236 g/mol. The highest BCUT2D eigenvalue weighted by Crippen LogP contribution is 2.34. The topological polar surface area (TPSA) is 38.9 Å². The van der Waals surface area contributed by atoms with Crippen LogP contribution >= 0.6 is 23.1 Å². The quantitative estimate of drug-likeness (QED) is 0.788. The highest BCUT2D eigenvalue weighted by atomic mass is 32.2. The molecule has 0 radical (unpaired) electrons. The van der Waals surface area contributed by atoms with Gasteiger partial charge in [0, 0.05) is 21.9 Å². The molecule has 0 fully saturated rings. The fourth-order valence-electron chi connectivity index (χ4n) is 1.82. The minimum absolute atomic E-state index is 0.806. The molecule has 0 aliphatic carbocycles. The number of benzene rings is 1. The minimum atomic E-state index is 0.806. The van der Waals surface area contributed by atoms with Crippen LogP contribution in [0.3, 0.4) is 0 Å². The first kappa shape index (κ1) is 10.2. The first-order valence-corrected chi connectivity index (χ1v) is 7.22. The minimum Gasteiger partial charge on any atom is -0.399 e. The monoisotopic (exact) mass is 248 g/mol. The zero-order valence-electron chi connectivity index (χ0n) is 8.77. The SMILES string of the molecule is Nc1cccc(-c2nc3c(s2)CSCC3)c1. The van der Waals surface area contributed by atoms with Crippen LogP contribution in [0, 0.1) is 0 Å². The van der Waals surface area contributed by atoms with Gasteiger partial charge >= 0.3 is 0 Å². The molecule has 4 heteroatoms. The van der Waals surface area contributed by atoms with Crippen LogP contribution in [0.5, 0.6) is 0 Å². The Morgan fingerprint density at radius 3 is 3.06 bits per heavy atom. The van der Waals surface area contributed by atoms with Gasteiger partial charge in [0.05, 0.1) is 5.69 Å². The van der Waals surface area contributed by atoms with Gasteiger partial charge in [-0.1, -0.05) is 12.1 Å². The van der Waals surface area contributed by atoms with Crippen molar-refractivity contribution in [3.05, 3.63) is 34.8 Å². The van der Waals surface area contributed by atoms with Crippen LogP contribution in [0.25, 0.3) is 10.6 Å². The summed E-state index contributed by atoms with van der Waals surface area (Å²) in [4.78, 5) is 6.15. The standard InChI is InChI=1S/C12H12N2S2/c13-9-3-1-2-8(6-9)12-14-10-4-5-15-7-11(10)16-12/h1-3,6H,4-5,7,13H2. The molecule has 0 spiro atoms. The van der Waals surface area contributed by atoms with Gasteiger partial charge in [-0.3, -0.25) is 0 Å². The maximum atomic E-state index is 5.79. The van der Waals surface area contributed by atoms with E-state index in [1.807, 2.05) is 41.3 Å². The predicted molar refractivity (Wildman–Crippen MR) is 71.8 cm³/mol. The van der Waals surface area contributed by atoms with Crippen molar-refractivity contribution in [1.29, 1.82) is 0 Å². The van der Waals surface area contributed by atoms with Crippen molar-refractivity contribution in [3.63, 3.8) is 0 Å². The third-order valence-electron chi connectivity index (χ3n) is 2.63. The molecule has 1 aliphatic rings. The first-order chi connectivity index (χ1) is 7.83. The smallest absolute Gasteiger partial charge is 0.123 e. The molecule has 16 heavy (non-hydrogen) atoms. The molecule has 2 nitrogen and oxygen atoms in total. The molecule has 0 amide bonds. The maximum absolute atomic E-state index is 5.79. The molecule has 2 heterocycles. The Morgan fingerprint density at radius 1 is 1.31 bits per heavy atom. The molecule has 0 unspecified atom stereocenters. The summed E-state index contributed by atoms with van der Waals surface area (Å²) in [6.45, 7) is 0. The van der Waals surface area contributed by atoms with Crippen molar-refractivity contribution >= 4 is 28.8 Å². The number of rotatable bonds is 1. The second-order valence-corrected chi connectivity index (χ2v) is 6.01. The summed E-state index contributed by atoms with van der Waals surface area (Å²) in [6.07, 6.45) is 1.11. The van der Waals surface area contributed by atoms with E-state index >= 15 is 0 Å². The number of fused-ring (bicyclic) bond motifs is 1. The second kappa shape index (κ2) is 4.11. The molecule has 0 atom stereocenters. The van der Waals surface area contributed by atoms with Crippen molar-refractivity contribution < 1.29 is 0 Å². The zero-order chi connectivity index (χ0) is 11.0. The van der Waals surface area contributed by atoms with Crippen molar-refractivity contribution in [2.45, 2.75) is 12.2 Å². The van der Waals surface area contributed by atoms with E-state index in [2.05, 4.69) is 6.07 Å². The fourth-order valence-corrected chi connectivity index (χ4v) is 4.04. The maximum Gasteiger partial charge on any atom is 0.123 e. The average molecular weight is 248 g/mol. The first-order valence-electron chi connectivity index (χ1n) is 5.25. The van der Waals surface area contributed by atoms with Crippen molar-refractivity contribution in [2.24, 2.45) is 0 Å². The highest BCUT2D eigenvalue weighted by Gasteiger charge is 2.16. The van der Waals surface area contributed by atoms with Gasteiger partial charge in [0.2, 0.25) is 0 Å². The lowest BCUT2D eigenvalue weighted by molar-refractivity contribution is 1.03. The van der Waals surface area contributed by atoms with E-state index in [1.165, 1.54) is 16.3 Å². The molecule has 0 saturated carbocycles. The molecule has 2 aromatic rings. The molecule has 1 aliphatic heterocycles. The Morgan fingerprint density at radius 2 is 2.25 bits per heavy atom. The van der Waals surface area contributed by atoms with Crippen LogP contribution in [-0.4, -0.2) is 10.7 Å². The van der Waals surface area contributed by atoms with Crippen LogP contribution in [0.2, 0.25) is 0 Å². The highest BCUT2D eigenvalue weighted by molar-refractivity contribution is 7.98. The summed E-state index contributed by atoms with van der Waals surface area (Å²) in [6, 6.07) is 7.97. The van der Waals surface area contributed by atoms with E-state index in [-0.39, 0.29) is 0 Å². The van der Waals surface area contributed by atoms with Crippen LogP contribution in [0.15, 0.2) is 24.3 Å². The Balaban J connectivity index is 2.03. The van der Waals surface area contributed by atoms with Crippen LogP contribution in [0.1, 0.15) is 10.6 Å². The van der Waals surface area contributed by atoms with E-state index in [0.29, 0.717) is 0 Å². The van der Waals surface area contributed by atoms with Gasteiger partial charge < -0.3 is 5.73 Å². The molecule has 1 aromatic heterocycles. The van der Waals surface area contributed by atoms with Crippen LogP contribution in [0.4, 0.5) is 5.69 Å². The third kappa shape index (κ3) is 1.83. The second-order valence-electron chi connectivity index (χ2n) is 3.82. The molecule has 0 saturated heterocycles. The van der Waals surface area contributed by atoms with Crippen molar-refractivity contribution in [3.8, 4) is 10.6 Å². The molecule has 1 aromatic carbocycles. The van der Waals surface area contributed by atoms with E-state index in [0.717, 1.165) is 28.4 Å². The van der Waals surface area contributed by atoms with Crippen molar-refractivity contribution in [1.82, 2.24) is 4.98 Å². The third-order valence-corrected chi connectivity index (χ3v) is 4.94. The molecule has 82 valence electrons. The Bertz CT molecular complexity index is 496. The average Bonchev–Trinajstić information content (AvgIpc) is 2.72. The Labute approximate surface area is 103 Å². The summed E-state index contributed by atoms with van der Waals surface area (Å²) in [5, 5.41) is 1.11. The number of nitrogen functional groups attached to an aromatic ring is 1. The Hall–Kier alpha value is -1.00. The number of hydrogen-bond acceptors (Lipinski definition) is 4. The molecule has 3 rings (SSSR count). The lowest BCUT2D eigenvalue weighted by atomic mass is 10.2. The fraction of sp³-hybridized carbons (Fsp3) is 0.250. The lowest BCUT2D eigenvalue weighted by Crippen LogP contribution is -1.99. The summed E-state index contributed by atoms with van der Waals surface area (Å²) >= 11 is 3.80. The summed E-state index contributed by atoms with van der Waals surface area (Å²) in [5.41, 5.74) is 9.03. The number of thioether (sulfide) groups is 1. The molecular formula is C12H12N2S2. The van der Waals surface area contributed by atoms with Gasteiger partial charge in [-0.2, -0.15) is 11.8 Å². The molecule has 2 N–H and O–H groups in total. The predicted octanol–water partition coefficient (Wildman–Crippen LogP) is 3.18. The van der Waals surface area contributed by atoms with E-state index in [4.69, 9.17) is 10.7 Å². The van der Waals surface area contributed by atoms with Gasteiger partial charge in [0.15, 0.2) is 0 Å². The number of nitrogens with zero attached hydrogens (tertiary/aromatic N) is 1. The van der Waals surface area contributed by atoms with E-state index < -0.39 is 0 Å². The van der Waals surface area contributed by atoms with Gasteiger partial charge in [-0.05, 0) is 24.3 Å². The van der Waals surface area contributed by atoms with Gasteiger partial charge in [0.1, 0.15) is 5.01 Å². The number of nitrogens with two attached hydrogens (primary N) is 1. The number of thiazole rings is 1. The number of hydrogen-bond donors (Lipinski definition) is 1. The van der Waals surface area contributed by atoms with Crippen LogP contribution in [-0.2, 0) is 12.2 Å². The number of anilines is 1. The number of aryl methyl sites for hydroxylation is 1. The summed E-state index contributed by atoms with van der Waals surface area (Å²) < 4.78 is 0. The van der Waals surface area contributed by atoms with Crippen LogP contribution < -0.4 is 5.73 Å². The summed E-state index contributed by atoms with van der Waals surface area (Å²) in [7, 11) is 0. The van der Waals surface area contributed by atoms with Gasteiger partial charge in [-0.25, -0.2) is 4.98 Å². The summed E-state index contributed by atoms with van der Waals surface area (Å²) in [5.74, 6) is 2.32.